The van der Waals surface area contributed by atoms with Crippen LogP contribution in [0.15, 0.2) is 63.8 Å². The van der Waals surface area contributed by atoms with Gasteiger partial charge in [0.25, 0.3) is 5.91 Å². The molecule has 0 unspecified atom stereocenters. The van der Waals surface area contributed by atoms with Crippen LogP contribution in [-0.4, -0.2) is 37.0 Å². The second-order valence-electron chi connectivity index (χ2n) is 7.19. The van der Waals surface area contributed by atoms with Gasteiger partial charge in [-0.3, -0.25) is 4.79 Å². The molecule has 138 valence electrons. The number of quaternary nitrogens is 1. The third-order valence-corrected chi connectivity index (χ3v) is 5.17. The quantitative estimate of drug-likeness (QED) is 0.720. The van der Waals surface area contributed by atoms with E-state index in [9.17, 15) is 9.59 Å². The zero-order valence-electron chi connectivity index (χ0n) is 15.4. The van der Waals surface area contributed by atoms with E-state index in [1.54, 1.807) is 17.0 Å². The molecule has 1 fully saturated rings. The van der Waals surface area contributed by atoms with Gasteiger partial charge in [-0.15, -0.1) is 0 Å². The molecule has 27 heavy (non-hydrogen) atoms. The molecule has 0 aliphatic carbocycles. The topological polar surface area (TPSA) is 55.0 Å². The molecule has 3 aromatic rings. The van der Waals surface area contributed by atoms with E-state index in [1.165, 1.54) is 16.0 Å². The maximum atomic E-state index is 12.8. The van der Waals surface area contributed by atoms with Gasteiger partial charge < -0.3 is 14.2 Å². The van der Waals surface area contributed by atoms with Crippen molar-refractivity contribution in [3.8, 4) is 0 Å². The van der Waals surface area contributed by atoms with Crippen LogP contribution in [0.25, 0.3) is 11.0 Å². The maximum absolute atomic E-state index is 12.8. The summed E-state index contributed by atoms with van der Waals surface area (Å²) in [5, 5.41) is 0.768. The van der Waals surface area contributed by atoms with Crippen molar-refractivity contribution in [1.29, 1.82) is 0 Å². The SMILES string of the molecule is Cc1cccc(C[NH+]2CCN(C(=O)c3cc4ccccc4oc3=O)CC2)c1. The number of hydrogen-bond donors (Lipinski definition) is 1. The van der Waals surface area contributed by atoms with Crippen LogP contribution in [0.4, 0.5) is 0 Å². The second kappa shape index (κ2) is 7.37. The minimum Gasteiger partial charge on any atom is -0.422 e. The molecule has 2 aromatic carbocycles. The first-order valence-corrected chi connectivity index (χ1v) is 9.31. The molecule has 4 rings (SSSR count). The summed E-state index contributed by atoms with van der Waals surface area (Å²) in [7, 11) is 0. The number of nitrogens with one attached hydrogen (secondary N) is 1. The first-order valence-electron chi connectivity index (χ1n) is 9.31. The molecule has 1 aliphatic heterocycles. The molecule has 1 aliphatic rings. The molecular formula is C22H23N2O3+. The number of amides is 1. The molecule has 0 spiro atoms. The number of carbonyl (C=O) groups excluding carboxylic acids is 1. The molecule has 1 N–H and O–H groups in total. The Morgan fingerprint density at radius 2 is 1.85 bits per heavy atom. The number of aryl methyl sites for hydroxylation is 1. The summed E-state index contributed by atoms with van der Waals surface area (Å²) in [6, 6.07) is 17.5. The second-order valence-corrected chi connectivity index (χ2v) is 7.19. The third-order valence-electron chi connectivity index (χ3n) is 5.17. The van der Waals surface area contributed by atoms with Gasteiger partial charge in [-0.05, 0) is 19.1 Å². The minimum atomic E-state index is -0.562. The van der Waals surface area contributed by atoms with Crippen LogP contribution in [0.2, 0.25) is 0 Å². The highest BCUT2D eigenvalue weighted by atomic mass is 16.4. The fourth-order valence-electron chi connectivity index (χ4n) is 3.69. The van der Waals surface area contributed by atoms with Crippen molar-refractivity contribution in [1.82, 2.24) is 4.90 Å². The molecule has 5 nitrogen and oxygen atoms in total. The Hall–Kier alpha value is -2.92. The summed E-state index contributed by atoms with van der Waals surface area (Å²) in [6.07, 6.45) is 0. The Labute approximate surface area is 157 Å². The average molecular weight is 363 g/mol. The minimum absolute atomic E-state index is 0.121. The number of hydrogen-bond acceptors (Lipinski definition) is 3. The molecule has 2 heterocycles. The largest absolute Gasteiger partial charge is 0.422 e. The standard InChI is InChI=1S/C22H22N2O3/c1-16-5-4-6-17(13-16)15-23-9-11-24(12-10-23)21(25)19-14-18-7-2-3-8-20(18)27-22(19)26/h2-8,13-14H,9-12,15H2,1H3/p+1. The van der Waals surface area contributed by atoms with Crippen molar-refractivity contribution in [3.63, 3.8) is 0 Å². The summed E-state index contributed by atoms with van der Waals surface area (Å²) < 4.78 is 5.31. The van der Waals surface area contributed by atoms with Gasteiger partial charge in [0, 0.05) is 10.9 Å². The van der Waals surface area contributed by atoms with Crippen molar-refractivity contribution < 1.29 is 14.1 Å². The van der Waals surface area contributed by atoms with Gasteiger partial charge in [0.2, 0.25) is 0 Å². The molecule has 1 amide bonds. The summed E-state index contributed by atoms with van der Waals surface area (Å²) >= 11 is 0. The van der Waals surface area contributed by atoms with Gasteiger partial charge in [0.15, 0.2) is 0 Å². The van der Waals surface area contributed by atoms with Crippen LogP contribution in [-0.2, 0) is 6.54 Å². The van der Waals surface area contributed by atoms with E-state index in [1.807, 2.05) is 18.2 Å². The molecule has 0 saturated carbocycles. The van der Waals surface area contributed by atoms with Crippen molar-refractivity contribution >= 4 is 16.9 Å². The molecule has 1 aromatic heterocycles. The average Bonchev–Trinajstić information content (AvgIpc) is 2.67. The van der Waals surface area contributed by atoms with Crippen LogP contribution in [0.5, 0.6) is 0 Å². The Bertz CT molecular complexity index is 1030. The zero-order valence-corrected chi connectivity index (χ0v) is 15.4. The van der Waals surface area contributed by atoms with Crippen molar-refractivity contribution in [2.24, 2.45) is 0 Å². The lowest BCUT2D eigenvalue weighted by atomic mass is 10.1. The summed E-state index contributed by atoms with van der Waals surface area (Å²) in [5.41, 5.74) is 2.65. The van der Waals surface area contributed by atoms with Crippen LogP contribution >= 0.6 is 0 Å². The fourth-order valence-corrected chi connectivity index (χ4v) is 3.69. The third kappa shape index (κ3) is 3.78. The smallest absolute Gasteiger partial charge is 0.349 e. The Morgan fingerprint density at radius 1 is 1.07 bits per heavy atom. The first kappa shape index (κ1) is 17.5. The predicted octanol–water partition coefficient (Wildman–Crippen LogP) is 1.64. The first-order chi connectivity index (χ1) is 13.1. The molecule has 0 bridgehead atoms. The number of benzene rings is 2. The number of para-hydroxylation sites is 1. The number of rotatable bonds is 3. The molecule has 0 atom stereocenters. The number of carbonyl (C=O) groups is 1. The van der Waals surface area contributed by atoms with Gasteiger partial charge >= 0.3 is 5.63 Å². The van der Waals surface area contributed by atoms with Gasteiger partial charge in [-0.2, -0.15) is 0 Å². The molecular weight excluding hydrogens is 340 g/mol. The van der Waals surface area contributed by atoms with Gasteiger partial charge in [0.1, 0.15) is 17.7 Å². The highest BCUT2D eigenvalue weighted by Crippen LogP contribution is 2.14. The monoisotopic (exact) mass is 363 g/mol. The van der Waals surface area contributed by atoms with Gasteiger partial charge in [-0.25, -0.2) is 4.79 Å². The molecule has 1 saturated heterocycles. The lowest BCUT2D eigenvalue weighted by Crippen LogP contribution is -3.13. The van der Waals surface area contributed by atoms with E-state index in [4.69, 9.17) is 4.42 Å². The Morgan fingerprint density at radius 3 is 2.63 bits per heavy atom. The van der Waals surface area contributed by atoms with Crippen LogP contribution in [0.1, 0.15) is 21.5 Å². The van der Waals surface area contributed by atoms with Crippen molar-refractivity contribution in [2.45, 2.75) is 13.5 Å². The molecule has 0 radical (unpaired) electrons. The van der Waals surface area contributed by atoms with Crippen molar-refractivity contribution in [2.75, 3.05) is 26.2 Å². The van der Waals surface area contributed by atoms with Crippen molar-refractivity contribution in [3.05, 3.63) is 81.7 Å². The summed E-state index contributed by atoms with van der Waals surface area (Å²) in [6.45, 7) is 6.10. The fraction of sp³-hybridized carbons (Fsp3) is 0.273. The van der Waals surface area contributed by atoms with Crippen LogP contribution < -0.4 is 10.5 Å². The van der Waals surface area contributed by atoms with E-state index in [2.05, 4.69) is 31.2 Å². The lowest BCUT2D eigenvalue weighted by molar-refractivity contribution is -0.917. The van der Waals surface area contributed by atoms with E-state index < -0.39 is 5.63 Å². The zero-order chi connectivity index (χ0) is 18.8. The van der Waals surface area contributed by atoms with E-state index in [0.717, 1.165) is 25.0 Å². The highest BCUT2D eigenvalue weighted by molar-refractivity contribution is 5.96. The number of piperazine rings is 1. The summed E-state index contributed by atoms with van der Waals surface area (Å²) in [4.78, 5) is 28.3. The predicted molar refractivity (Wildman–Crippen MR) is 104 cm³/mol. The van der Waals surface area contributed by atoms with Crippen LogP contribution in [0.3, 0.4) is 0 Å². The van der Waals surface area contributed by atoms with Gasteiger partial charge in [-0.1, -0.05) is 48.0 Å². The summed E-state index contributed by atoms with van der Waals surface area (Å²) in [5.74, 6) is -0.232. The van der Waals surface area contributed by atoms with Gasteiger partial charge in [0.05, 0.1) is 26.2 Å². The maximum Gasteiger partial charge on any atom is 0.349 e. The highest BCUT2D eigenvalue weighted by Gasteiger charge is 2.26. The van der Waals surface area contributed by atoms with E-state index >= 15 is 0 Å². The lowest BCUT2D eigenvalue weighted by Gasteiger charge is -2.32. The normalized spacial score (nSPS) is 15.2. The Kier molecular flexibility index (Phi) is 4.77. The van der Waals surface area contributed by atoms with E-state index in [0.29, 0.717) is 18.7 Å². The molecule has 5 heteroatoms. The van der Waals surface area contributed by atoms with E-state index in [-0.39, 0.29) is 11.5 Å². The Balaban J connectivity index is 1.44. The number of fused-ring (bicyclic) bond motifs is 1. The van der Waals surface area contributed by atoms with Crippen LogP contribution in [0, 0.1) is 6.92 Å². The number of nitrogens with zero attached hydrogens (tertiary/aromatic N) is 1.